The molecule has 0 fully saturated rings. The van der Waals surface area contributed by atoms with E-state index in [1.54, 1.807) is 6.92 Å². The molecule has 3 aromatic heterocycles. The Morgan fingerprint density at radius 3 is 1.01 bits per heavy atom. The fraction of sp³-hybridized carbons (Fsp3) is 0.324. The monoisotopic (exact) mass is 1210 g/mol. The molecule has 3 aliphatic rings. The highest BCUT2D eigenvalue weighted by atomic mass is 16.5. The van der Waals surface area contributed by atoms with Crippen LogP contribution in [0.5, 0.6) is 0 Å². The zero-order valence-corrected chi connectivity index (χ0v) is 53.7. The number of likely N-dealkylation sites (N-methyl/N-ethyl adjacent to an activating group) is 2. The number of benzene rings is 6. The van der Waals surface area contributed by atoms with Gasteiger partial charge < -0.3 is 22.7 Å². The van der Waals surface area contributed by atoms with Crippen LogP contribution in [0, 0.1) is 47.0 Å². The van der Waals surface area contributed by atoms with E-state index in [0.717, 1.165) is 78.9 Å². The van der Waals surface area contributed by atoms with Crippen LogP contribution < -0.4 is 0 Å². The number of nitrogens with zero attached hydrogens (tertiary/aromatic N) is 3. The second-order valence-electron chi connectivity index (χ2n) is 25.0. The molecule has 464 valence electrons. The van der Waals surface area contributed by atoms with Gasteiger partial charge in [0.25, 0.3) is 0 Å². The molecule has 0 spiro atoms. The van der Waals surface area contributed by atoms with Crippen LogP contribution in [0.25, 0.3) is 66.3 Å². The molecule has 0 amide bonds. The standard InChI is InChI=1S/C27H29NO5.C24H23NO5.C23H23NO3/c1-15-8-7-9-18-17(15)10-11-19-22(18)24(30)23(29)21-16(2)20(33-25(19)21)14-28(6)12-13-32-26(31)27(3,4)5;1-13-6-5-7-17-16(13)8-9-18-21(17)23(28)22(27)20-14(2)19(30-24(18)20)12-25(4)10-11-29-15(3)26;1-5-11-24(4)12-18-14(3)19-21(25)22(26)20-16-8-6-7-13(2)15(16)9-10-17(20)23(19)27-18/h7-11H,12-14H2,1-6H3;5-9H,10-12H2,1-4H3;6-10H,5,11-12H2,1-4H3. The van der Waals surface area contributed by atoms with Crippen molar-refractivity contribution in [2.45, 2.75) is 102 Å². The summed E-state index contributed by atoms with van der Waals surface area (Å²) >= 11 is 0. The van der Waals surface area contributed by atoms with Gasteiger partial charge >= 0.3 is 11.9 Å². The van der Waals surface area contributed by atoms with Gasteiger partial charge in [-0.3, -0.25) is 53.1 Å². The minimum absolute atomic E-state index is 0.247. The number of hydrogen-bond donors (Lipinski definition) is 0. The van der Waals surface area contributed by atoms with Gasteiger partial charge in [0.05, 0.1) is 41.7 Å². The van der Waals surface area contributed by atoms with Gasteiger partial charge in [-0.25, -0.2) is 0 Å². The highest BCUT2D eigenvalue weighted by Crippen LogP contribution is 2.45. The van der Waals surface area contributed by atoms with E-state index in [-0.39, 0.29) is 25.2 Å². The largest absolute Gasteiger partial charge is 0.465 e. The maximum atomic E-state index is 13.1. The summed E-state index contributed by atoms with van der Waals surface area (Å²) in [5.74, 6) is -0.0437. The number of hydrogen-bond acceptors (Lipinski definition) is 16. The Balaban J connectivity index is 0.000000149. The molecule has 6 aromatic carbocycles. The summed E-state index contributed by atoms with van der Waals surface area (Å²) < 4.78 is 28.8. The van der Waals surface area contributed by atoms with Gasteiger partial charge in [-0.1, -0.05) is 79.7 Å². The SMILES string of the molecule is CC(=O)OCCN(C)Cc1oc2c(c1C)C(=O)C(=O)c1c-2ccc2c(C)cccc12.CCCN(C)Cc1oc2c(c1C)C(=O)C(=O)c1c-2ccc2c(C)cccc12.Cc1c(CN(C)CCOC(=O)C(C)(C)C)oc2c1C(=O)C(=O)c1c-2ccc2c(C)cccc12. The first kappa shape index (κ1) is 63.8. The van der Waals surface area contributed by atoms with Gasteiger partial charge in [0.15, 0.2) is 0 Å². The summed E-state index contributed by atoms with van der Waals surface area (Å²) in [4.78, 5) is 107. The minimum atomic E-state index is -0.543. The van der Waals surface area contributed by atoms with Crippen LogP contribution in [0.3, 0.4) is 0 Å². The first-order valence-corrected chi connectivity index (χ1v) is 30.3. The maximum Gasteiger partial charge on any atom is 0.311 e. The number of carbonyl (C=O) groups is 8. The molecule has 3 heterocycles. The smallest absolute Gasteiger partial charge is 0.311 e. The van der Waals surface area contributed by atoms with Crippen molar-refractivity contribution in [1.82, 2.24) is 14.7 Å². The molecule has 0 saturated carbocycles. The Kier molecular flexibility index (Phi) is 18.0. The zero-order chi connectivity index (χ0) is 64.9. The van der Waals surface area contributed by atoms with Crippen LogP contribution in [0.1, 0.15) is 154 Å². The lowest BCUT2D eigenvalue weighted by Crippen LogP contribution is -2.28. The Labute approximate surface area is 523 Å². The molecular formula is C74H75N3O13. The average molecular weight is 1210 g/mol. The predicted molar refractivity (Wildman–Crippen MR) is 346 cm³/mol. The number of Topliss-reactive ketones (excluding diaryl/α,β-unsaturated/α-hetero) is 6. The fourth-order valence-electron chi connectivity index (χ4n) is 12.3. The van der Waals surface area contributed by atoms with E-state index in [0.29, 0.717) is 117 Å². The van der Waals surface area contributed by atoms with Crippen LogP contribution in [0.4, 0.5) is 0 Å². The molecule has 0 unspecified atom stereocenters. The lowest BCUT2D eigenvalue weighted by Gasteiger charge is -2.19. The van der Waals surface area contributed by atoms with Gasteiger partial charge in [-0.05, 0) is 164 Å². The number of fused-ring (bicyclic) bond motifs is 15. The van der Waals surface area contributed by atoms with Crippen molar-refractivity contribution in [2.24, 2.45) is 5.41 Å². The molecule has 0 bridgehead atoms. The quantitative estimate of drug-likeness (QED) is 0.0733. The molecule has 0 aliphatic heterocycles. The number of ketones is 6. The lowest BCUT2D eigenvalue weighted by atomic mass is 9.83. The first-order valence-electron chi connectivity index (χ1n) is 30.3. The van der Waals surface area contributed by atoms with Gasteiger partial charge in [-0.2, -0.15) is 0 Å². The average Bonchev–Trinajstić information content (AvgIpc) is 1.52. The number of carbonyl (C=O) groups excluding carboxylic acids is 8. The van der Waals surface area contributed by atoms with Crippen LogP contribution in [-0.2, 0) is 38.7 Å². The number of esters is 2. The van der Waals surface area contributed by atoms with E-state index in [1.165, 1.54) is 6.92 Å². The van der Waals surface area contributed by atoms with Crippen molar-refractivity contribution in [3.05, 3.63) is 175 Å². The molecule has 0 saturated heterocycles. The van der Waals surface area contributed by atoms with Crippen molar-refractivity contribution in [3.8, 4) is 34.0 Å². The fourth-order valence-corrected chi connectivity index (χ4v) is 12.3. The van der Waals surface area contributed by atoms with E-state index >= 15 is 0 Å². The molecule has 16 nitrogen and oxygen atoms in total. The molecule has 0 N–H and O–H groups in total. The van der Waals surface area contributed by atoms with E-state index in [9.17, 15) is 38.4 Å². The highest BCUT2D eigenvalue weighted by Gasteiger charge is 2.41. The van der Waals surface area contributed by atoms with Crippen molar-refractivity contribution in [2.75, 3.05) is 54.0 Å². The van der Waals surface area contributed by atoms with Crippen LogP contribution in [0.15, 0.2) is 104 Å². The van der Waals surface area contributed by atoms with Gasteiger partial charge in [0.2, 0.25) is 34.7 Å². The minimum Gasteiger partial charge on any atom is -0.465 e. The Hall–Kier alpha value is -9.22. The number of ether oxygens (including phenoxy) is 2. The van der Waals surface area contributed by atoms with Crippen molar-refractivity contribution < 1.29 is 61.1 Å². The number of furan rings is 3. The normalized spacial score (nSPS) is 13.3. The third kappa shape index (κ3) is 11.8. The van der Waals surface area contributed by atoms with Crippen LogP contribution in [-0.4, -0.2) is 115 Å². The molecular weight excluding hydrogens is 1140 g/mol. The molecule has 0 radical (unpaired) electrons. The third-order valence-corrected chi connectivity index (χ3v) is 17.2. The third-order valence-electron chi connectivity index (χ3n) is 17.2. The first-order chi connectivity index (χ1) is 42.7. The van der Waals surface area contributed by atoms with E-state index < -0.39 is 40.1 Å². The zero-order valence-electron chi connectivity index (χ0n) is 53.7. The summed E-state index contributed by atoms with van der Waals surface area (Å²) in [5.41, 5.74) is 9.23. The van der Waals surface area contributed by atoms with Gasteiger partial charge in [0, 0.05) is 70.1 Å². The van der Waals surface area contributed by atoms with Crippen molar-refractivity contribution in [1.29, 1.82) is 0 Å². The van der Waals surface area contributed by atoms with Gasteiger partial charge in [0.1, 0.15) is 47.8 Å². The summed E-state index contributed by atoms with van der Waals surface area (Å²) in [6.07, 6.45) is 1.04. The second kappa shape index (κ2) is 25.3. The Bertz CT molecular complexity index is 4480. The van der Waals surface area contributed by atoms with E-state index in [1.807, 2.05) is 177 Å². The molecule has 12 rings (SSSR count). The summed E-state index contributed by atoms with van der Waals surface area (Å²) in [7, 11) is 5.80. The number of aryl methyl sites for hydroxylation is 3. The van der Waals surface area contributed by atoms with Crippen LogP contribution >= 0.6 is 0 Å². The van der Waals surface area contributed by atoms with E-state index in [2.05, 4.69) is 11.8 Å². The van der Waals surface area contributed by atoms with Gasteiger partial charge in [-0.15, -0.1) is 0 Å². The van der Waals surface area contributed by atoms with E-state index in [4.69, 9.17) is 22.7 Å². The van der Waals surface area contributed by atoms with Crippen molar-refractivity contribution in [3.63, 3.8) is 0 Å². The van der Waals surface area contributed by atoms with Crippen LogP contribution in [0.2, 0.25) is 0 Å². The summed E-state index contributed by atoms with van der Waals surface area (Å²) in [6, 6.07) is 28.9. The highest BCUT2D eigenvalue weighted by molar-refractivity contribution is 6.56. The summed E-state index contributed by atoms with van der Waals surface area (Å²) in [5, 5.41) is 5.25. The Morgan fingerprint density at radius 1 is 0.411 bits per heavy atom. The molecule has 3 aliphatic carbocycles. The maximum absolute atomic E-state index is 13.1. The molecule has 0 atom stereocenters. The molecule has 90 heavy (non-hydrogen) atoms. The predicted octanol–water partition coefficient (Wildman–Crippen LogP) is 14.1. The lowest BCUT2D eigenvalue weighted by molar-refractivity contribution is -0.153. The Morgan fingerprint density at radius 2 is 0.711 bits per heavy atom. The molecule has 9 aromatic rings. The topological polar surface area (TPSA) is 204 Å². The second-order valence-corrected chi connectivity index (χ2v) is 25.0. The van der Waals surface area contributed by atoms with Crippen molar-refractivity contribution >= 4 is 79.0 Å². The molecule has 16 heteroatoms. The summed E-state index contributed by atoms with van der Waals surface area (Å²) in [6.45, 7) is 24.4. The number of rotatable bonds is 14.